The Morgan fingerprint density at radius 2 is 2.16 bits per heavy atom. The predicted molar refractivity (Wildman–Crippen MR) is 110 cm³/mol. The number of nitrogens with one attached hydrogen (secondary N) is 1. The number of methoxy groups -OCH3 is 1. The summed E-state index contributed by atoms with van der Waals surface area (Å²) in [4.78, 5) is 32.9. The zero-order valence-electron chi connectivity index (χ0n) is 26.6. The zero-order valence-corrected chi connectivity index (χ0v) is 15.6. The molecule has 0 bridgehead atoms. The van der Waals surface area contributed by atoms with Crippen molar-refractivity contribution < 1.29 is 37.1 Å². The first-order valence-corrected chi connectivity index (χ1v) is 6.14. The summed E-state index contributed by atoms with van der Waals surface area (Å²) in [5.74, 6) is -6.81. The first-order valence-electron chi connectivity index (χ1n) is 12.6. The van der Waals surface area contributed by atoms with Gasteiger partial charge in [0.15, 0.2) is 0 Å². The first-order chi connectivity index (χ1) is 14.9. The van der Waals surface area contributed by atoms with E-state index in [2.05, 4.69) is 10.1 Å². The van der Waals surface area contributed by atoms with Crippen LogP contribution < -0.4 is 5.32 Å². The number of esters is 1. The summed E-state index contributed by atoms with van der Waals surface area (Å²) in [6, 6.07) is 0. The van der Waals surface area contributed by atoms with Crippen LogP contribution in [0.2, 0.25) is 0 Å². The predicted octanol–water partition coefficient (Wildman–Crippen LogP) is 3.02. The lowest BCUT2D eigenvalue weighted by molar-refractivity contribution is -0.562. The number of rotatable bonds is 4. The molecule has 0 spiro atoms. The normalized spacial score (nSPS) is 30.5. The van der Waals surface area contributed by atoms with Crippen molar-refractivity contribution in [3.8, 4) is 0 Å². The number of hydrogen-bond donors (Lipinski definition) is 1. The van der Waals surface area contributed by atoms with Crippen molar-refractivity contribution in [3.05, 3.63) is 10.1 Å². The van der Waals surface area contributed by atoms with Crippen LogP contribution in [0.4, 0.5) is 0 Å². The van der Waals surface area contributed by atoms with Crippen molar-refractivity contribution >= 4 is 38.9 Å². The highest BCUT2D eigenvalue weighted by Crippen LogP contribution is 2.23. The van der Waals surface area contributed by atoms with E-state index < -0.39 is 73.2 Å². The summed E-state index contributed by atoms with van der Waals surface area (Å²) in [6.45, 7) is -1.35. The monoisotopic (exact) mass is 413 g/mol. The summed E-state index contributed by atoms with van der Waals surface area (Å²) >= 11 is 0. The van der Waals surface area contributed by atoms with E-state index in [0.717, 1.165) is 13.8 Å². The molecule has 0 unspecified atom stereocenters. The van der Waals surface area contributed by atoms with E-state index in [9.17, 15) is 19.7 Å². The first kappa shape index (κ1) is 11.7. The van der Waals surface area contributed by atoms with Crippen LogP contribution in [0.15, 0.2) is 0 Å². The van der Waals surface area contributed by atoms with Gasteiger partial charge < -0.3 is 10.1 Å². The van der Waals surface area contributed by atoms with E-state index in [-0.39, 0.29) is 34.4 Å². The highest BCUT2D eigenvalue weighted by atomic mass is 32.1. The summed E-state index contributed by atoms with van der Waals surface area (Å²) in [5, 5.41) is 13.3. The molecule has 2 atom stereocenters. The lowest BCUT2D eigenvalue weighted by Gasteiger charge is -2.18. The Labute approximate surface area is 184 Å². The van der Waals surface area contributed by atoms with E-state index in [0.29, 0.717) is 0 Å². The van der Waals surface area contributed by atoms with Gasteiger partial charge in [0.05, 0.1) is 17.1 Å². The maximum atomic E-state index is 11.7. The molecule has 0 aromatic heterocycles. The van der Waals surface area contributed by atoms with E-state index in [4.69, 9.17) is 17.8 Å². The van der Waals surface area contributed by atoms with E-state index in [1.807, 2.05) is 0 Å². The van der Waals surface area contributed by atoms with Crippen molar-refractivity contribution in [3.63, 3.8) is 0 Å². The third-order valence-electron chi connectivity index (χ3n) is 2.49. The largest absolute Gasteiger partial charge is 0.469 e. The Morgan fingerprint density at radius 3 is 2.44 bits per heavy atom. The van der Waals surface area contributed by atoms with Crippen LogP contribution in [0.25, 0.3) is 0 Å². The number of carbonyl (C=O) groups is 2. The molecule has 25 heavy (non-hydrogen) atoms. The molecule has 0 saturated carbocycles. The molecule has 1 aliphatic rings. The molecule has 1 rings (SSSR count). The maximum Gasteiger partial charge on any atom is 0.308 e. The van der Waals surface area contributed by atoms with E-state index >= 15 is 0 Å². The average molecular weight is 414 g/mol. The molecule has 0 aromatic carbocycles. The fourth-order valence-corrected chi connectivity index (χ4v) is 1.37. The molecule has 1 aliphatic heterocycles. The van der Waals surface area contributed by atoms with Gasteiger partial charge in [0.2, 0.25) is 11.4 Å². The van der Waals surface area contributed by atoms with E-state index in [1.54, 1.807) is 0 Å². The second kappa shape index (κ2) is 12.4. The summed E-state index contributed by atoms with van der Waals surface area (Å²) in [5.41, 5.74) is -3.59. The number of nitro groups is 1. The van der Waals surface area contributed by atoms with Gasteiger partial charge in [-0.05, 0) is 20.2 Å². The summed E-state index contributed by atoms with van der Waals surface area (Å²) in [6.07, 6.45) is -5.24. The molecular formula is C16H36N2O5S2. The highest BCUT2D eigenvalue weighted by Gasteiger charge is 2.35. The minimum Gasteiger partial charge on any atom is -0.469 e. The number of nitrogens with zero attached hydrogens (tertiary/aromatic N) is 1. The summed E-state index contributed by atoms with van der Waals surface area (Å²) < 4.78 is 97.8. The number of ether oxygens (including phenoxy) is 1. The molecule has 1 fully saturated rings. The SMILES string of the molecule is C.S.S.[2H]C([2H])([2H])OC(=O)[C@@H](C([2H])([2H])[2H])C([2H])([2H])C(C)(C)[N+](=O)[O-].[2H]C([2H])([2H])[C@@H]1C(=O)NC(C)(C)C1([2H])[2H]. The quantitative estimate of drug-likeness (QED) is 0.434. The van der Waals surface area contributed by atoms with Gasteiger partial charge in [0.1, 0.15) is 0 Å². The Bertz CT molecular complexity index is 843. The number of carbonyl (C=O) groups excluding carboxylic acids is 2. The third kappa shape index (κ3) is 11.3. The highest BCUT2D eigenvalue weighted by molar-refractivity contribution is 7.59. The molecule has 0 aromatic rings. The lowest BCUT2D eigenvalue weighted by atomic mass is 9.92. The van der Waals surface area contributed by atoms with Crippen LogP contribution in [0.5, 0.6) is 0 Å². The minimum atomic E-state index is -3.32. The molecule has 1 saturated heterocycles. The van der Waals surface area contributed by atoms with Crippen molar-refractivity contribution in [2.24, 2.45) is 11.8 Å². The van der Waals surface area contributed by atoms with Gasteiger partial charge in [-0.1, -0.05) is 21.1 Å². The van der Waals surface area contributed by atoms with Gasteiger partial charge >= 0.3 is 5.97 Å². The van der Waals surface area contributed by atoms with Crippen LogP contribution in [0, 0.1) is 22.0 Å². The second-order valence-corrected chi connectivity index (χ2v) is 5.51. The Morgan fingerprint density at radius 1 is 1.60 bits per heavy atom. The fraction of sp³-hybridized carbons (Fsp3) is 0.875. The number of hydrogen-bond acceptors (Lipinski definition) is 5. The van der Waals surface area contributed by atoms with Crippen LogP contribution in [0.1, 0.15) is 79.4 Å². The van der Waals surface area contributed by atoms with Gasteiger partial charge in [-0.2, -0.15) is 27.0 Å². The van der Waals surface area contributed by atoms with Crippen molar-refractivity contribution in [1.29, 1.82) is 0 Å². The maximum absolute atomic E-state index is 11.7. The lowest BCUT2D eigenvalue weighted by Crippen LogP contribution is -2.35. The minimum absolute atomic E-state index is 0. The Balaban J connectivity index is -0.000000299. The average Bonchev–Trinajstić information content (AvgIpc) is 2.65. The standard InChI is InChI=1S/C8H15NO4.C7H13NO.CH4.2H2S/c1-6(7(10)13-4)5-8(2,3)9(11)12;1-5-4-7(2,3)8-6(5)9;;;/h6H,5H2,1-4H3;5H,4H2,1-3H3,(H,8,9);1H4;2*1H2/t6-;5-;;;/m00.../s1/i1D3,4D3,5D2;1D3,4D2;;;. The zero-order chi connectivity index (χ0) is 28.8. The van der Waals surface area contributed by atoms with Gasteiger partial charge in [-0.25, -0.2) is 0 Å². The molecule has 1 heterocycles. The van der Waals surface area contributed by atoms with Gasteiger partial charge in [0, 0.05) is 50.3 Å². The molecule has 0 aliphatic carbocycles. The van der Waals surface area contributed by atoms with Crippen molar-refractivity contribution in [2.45, 2.75) is 72.6 Å². The Kier molecular flexibility index (Phi) is 5.80. The molecule has 0 radical (unpaired) electrons. The number of amides is 1. The fourth-order valence-electron chi connectivity index (χ4n) is 1.37. The second-order valence-electron chi connectivity index (χ2n) is 5.51. The van der Waals surface area contributed by atoms with Gasteiger partial charge in [-0.15, -0.1) is 0 Å². The van der Waals surface area contributed by atoms with Gasteiger partial charge in [0.25, 0.3) is 0 Å². The molecule has 1 N–H and O–H groups in total. The van der Waals surface area contributed by atoms with E-state index in [1.165, 1.54) is 13.8 Å². The third-order valence-corrected chi connectivity index (χ3v) is 2.49. The topological polar surface area (TPSA) is 98.5 Å². The van der Waals surface area contributed by atoms with Crippen LogP contribution in [-0.2, 0) is 14.3 Å². The molecule has 7 nitrogen and oxygen atoms in total. The van der Waals surface area contributed by atoms with Crippen LogP contribution in [0.3, 0.4) is 0 Å². The molecule has 1 amide bonds. The smallest absolute Gasteiger partial charge is 0.308 e. The molecular weight excluding hydrogens is 364 g/mol. The van der Waals surface area contributed by atoms with Gasteiger partial charge in [-0.3, -0.25) is 19.7 Å². The molecule has 152 valence electrons. The van der Waals surface area contributed by atoms with Crippen LogP contribution in [-0.4, -0.2) is 34.9 Å². The Hall–Kier alpha value is -0.960. The summed E-state index contributed by atoms with van der Waals surface area (Å²) in [7, 11) is -3.28. The van der Waals surface area contributed by atoms with Crippen LogP contribution >= 0.6 is 27.0 Å². The molecule has 9 heteroatoms. The van der Waals surface area contributed by atoms with Crippen molar-refractivity contribution in [2.75, 3.05) is 7.04 Å². The van der Waals surface area contributed by atoms with Crippen molar-refractivity contribution in [1.82, 2.24) is 5.32 Å².